The number of benzene rings is 1. The molecular formula is C12H12N4O2. The summed E-state index contributed by atoms with van der Waals surface area (Å²) in [6.07, 6.45) is 1.30. The molecule has 1 aromatic carbocycles. The monoisotopic (exact) mass is 244 g/mol. The van der Waals surface area contributed by atoms with E-state index < -0.39 is 5.91 Å². The molecule has 2 aromatic rings. The van der Waals surface area contributed by atoms with Gasteiger partial charge in [0.2, 0.25) is 0 Å². The van der Waals surface area contributed by atoms with Gasteiger partial charge in [0.25, 0.3) is 5.91 Å². The number of nitrogens with one attached hydrogen (secondary N) is 2. The number of hydrogen-bond donors (Lipinski definition) is 3. The SMILES string of the molecule is CNC(=O)c1nc(-c2ccccc2)cn(O)c1=N. The molecule has 0 aliphatic heterocycles. The van der Waals surface area contributed by atoms with Crippen molar-refractivity contribution < 1.29 is 10.0 Å². The van der Waals surface area contributed by atoms with Crippen LogP contribution in [0.1, 0.15) is 10.5 Å². The third-order valence-electron chi connectivity index (χ3n) is 2.44. The Labute approximate surface area is 103 Å². The summed E-state index contributed by atoms with van der Waals surface area (Å²) in [5.41, 5.74) is 0.702. The highest BCUT2D eigenvalue weighted by molar-refractivity contribution is 5.92. The zero-order valence-corrected chi connectivity index (χ0v) is 9.71. The van der Waals surface area contributed by atoms with Crippen LogP contribution in [-0.2, 0) is 0 Å². The predicted octanol–water partition coefficient (Wildman–Crippen LogP) is 0.626. The van der Waals surface area contributed by atoms with Crippen LogP contribution < -0.4 is 10.8 Å². The average molecular weight is 244 g/mol. The molecule has 1 aromatic heterocycles. The van der Waals surface area contributed by atoms with E-state index in [9.17, 15) is 10.0 Å². The number of aromatic nitrogens is 2. The summed E-state index contributed by atoms with van der Waals surface area (Å²) in [7, 11) is 1.44. The van der Waals surface area contributed by atoms with Gasteiger partial charge in [0, 0.05) is 12.6 Å². The highest BCUT2D eigenvalue weighted by Gasteiger charge is 2.13. The second kappa shape index (κ2) is 4.70. The summed E-state index contributed by atoms with van der Waals surface area (Å²) in [6, 6.07) is 9.12. The molecule has 0 aliphatic rings. The van der Waals surface area contributed by atoms with Crippen molar-refractivity contribution in [2.75, 3.05) is 7.05 Å². The van der Waals surface area contributed by atoms with Crippen LogP contribution in [0, 0.1) is 5.41 Å². The molecule has 0 spiro atoms. The number of amides is 1. The topological polar surface area (TPSA) is 91.0 Å². The molecule has 0 saturated carbocycles. The molecule has 0 bridgehead atoms. The molecule has 18 heavy (non-hydrogen) atoms. The van der Waals surface area contributed by atoms with Crippen LogP contribution in [0.5, 0.6) is 0 Å². The lowest BCUT2D eigenvalue weighted by molar-refractivity contribution is 0.0946. The van der Waals surface area contributed by atoms with Gasteiger partial charge < -0.3 is 10.5 Å². The van der Waals surface area contributed by atoms with Gasteiger partial charge in [-0.2, -0.15) is 4.73 Å². The first-order chi connectivity index (χ1) is 8.63. The van der Waals surface area contributed by atoms with E-state index in [0.717, 1.165) is 5.56 Å². The van der Waals surface area contributed by atoms with E-state index >= 15 is 0 Å². The smallest absolute Gasteiger partial charge is 0.273 e. The molecular weight excluding hydrogens is 232 g/mol. The fraction of sp³-hybridized carbons (Fsp3) is 0.0833. The second-order valence-electron chi connectivity index (χ2n) is 3.61. The first kappa shape index (κ1) is 11.8. The number of nitrogens with zero attached hydrogens (tertiary/aromatic N) is 2. The van der Waals surface area contributed by atoms with Crippen LogP contribution >= 0.6 is 0 Å². The van der Waals surface area contributed by atoms with Gasteiger partial charge in [-0.25, -0.2) is 4.98 Å². The first-order valence-electron chi connectivity index (χ1n) is 5.28. The standard InChI is InChI=1S/C12H12N4O2/c1-14-12(17)10-11(13)16(18)7-9(15-10)8-5-3-2-4-6-8/h2-7,13,18H,1H3,(H,14,17). The highest BCUT2D eigenvalue weighted by Crippen LogP contribution is 2.14. The number of carbonyl (C=O) groups is 1. The fourth-order valence-electron chi connectivity index (χ4n) is 1.52. The molecule has 0 fully saturated rings. The van der Waals surface area contributed by atoms with Crippen molar-refractivity contribution in [1.29, 1.82) is 5.41 Å². The largest absolute Gasteiger partial charge is 0.427 e. The van der Waals surface area contributed by atoms with Crippen LogP contribution in [0.25, 0.3) is 11.3 Å². The molecule has 92 valence electrons. The Morgan fingerprint density at radius 1 is 1.39 bits per heavy atom. The summed E-state index contributed by atoms with van der Waals surface area (Å²) in [4.78, 5) is 15.6. The minimum absolute atomic E-state index is 0.124. The lowest BCUT2D eigenvalue weighted by atomic mass is 10.1. The van der Waals surface area contributed by atoms with Crippen molar-refractivity contribution in [1.82, 2.24) is 15.0 Å². The van der Waals surface area contributed by atoms with Gasteiger partial charge in [0.1, 0.15) is 0 Å². The van der Waals surface area contributed by atoms with Crippen molar-refractivity contribution in [3.05, 3.63) is 47.7 Å². The van der Waals surface area contributed by atoms with E-state index in [2.05, 4.69) is 10.3 Å². The predicted molar refractivity (Wildman–Crippen MR) is 64.1 cm³/mol. The maximum Gasteiger partial charge on any atom is 0.273 e. The van der Waals surface area contributed by atoms with Crippen molar-refractivity contribution in [2.45, 2.75) is 0 Å². The first-order valence-corrected chi connectivity index (χ1v) is 5.28. The third-order valence-corrected chi connectivity index (χ3v) is 2.44. The van der Waals surface area contributed by atoms with Gasteiger partial charge in [-0.05, 0) is 0 Å². The van der Waals surface area contributed by atoms with Crippen molar-refractivity contribution in [3.63, 3.8) is 0 Å². The maximum atomic E-state index is 11.6. The number of rotatable bonds is 2. The van der Waals surface area contributed by atoms with E-state index in [0.29, 0.717) is 10.4 Å². The van der Waals surface area contributed by atoms with Gasteiger partial charge in [-0.3, -0.25) is 10.2 Å². The summed E-state index contributed by atoms with van der Waals surface area (Å²) >= 11 is 0. The van der Waals surface area contributed by atoms with Crippen LogP contribution in [0.2, 0.25) is 0 Å². The molecule has 3 N–H and O–H groups in total. The normalized spacial score (nSPS) is 10.1. The quantitative estimate of drug-likeness (QED) is 0.676. The van der Waals surface area contributed by atoms with Gasteiger partial charge >= 0.3 is 0 Å². The molecule has 1 amide bonds. The van der Waals surface area contributed by atoms with Gasteiger partial charge in [-0.15, -0.1) is 0 Å². The van der Waals surface area contributed by atoms with Crippen molar-refractivity contribution >= 4 is 5.91 Å². The molecule has 0 atom stereocenters. The lowest BCUT2D eigenvalue weighted by Gasteiger charge is -2.07. The Morgan fingerprint density at radius 3 is 2.67 bits per heavy atom. The number of carbonyl (C=O) groups excluding carboxylic acids is 1. The minimum atomic E-state index is -0.513. The van der Waals surface area contributed by atoms with Crippen molar-refractivity contribution in [2.24, 2.45) is 0 Å². The van der Waals surface area contributed by atoms with Gasteiger partial charge in [0.15, 0.2) is 11.2 Å². The molecule has 6 heteroatoms. The Balaban J connectivity index is 2.62. The molecule has 1 heterocycles. The van der Waals surface area contributed by atoms with Crippen LogP contribution in [0.4, 0.5) is 0 Å². The molecule has 0 saturated heterocycles. The van der Waals surface area contributed by atoms with E-state index in [1.807, 2.05) is 18.2 Å². The van der Waals surface area contributed by atoms with Crippen molar-refractivity contribution in [3.8, 4) is 11.3 Å². The van der Waals surface area contributed by atoms with Gasteiger partial charge in [-0.1, -0.05) is 30.3 Å². The summed E-state index contributed by atoms with van der Waals surface area (Å²) in [5.74, 6) is -0.513. The fourth-order valence-corrected chi connectivity index (χ4v) is 1.52. The minimum Gasteiger partial charge on any atom is -0.427 e. The Kier molecular flexibility index (Phi) is 3.09. The summed E-state index contributed by atoms with van der Waals surface area (Å²) in [6.45, 7) is 0. The maximum absolute atomic E-state index is 11.6. The summed E-state index contributed by atoms with van der Waals surface area (Å²) < 4.78 is 0.583. The lowest BCUT2D eigenvalue weighted by Crippen LogP contribution is -2.32. The second-order valence-corrected chi connectivity index (χ2v) is 3.61. The van der Waals surface area contributed by atoms with Crippen LogP contribution in [0.15, 0.2) is 36.5 Å². The molecule has 0 unspecified atom stereocenters. The molecule has 6 nitrogen and oxygen atoms in total. The zero-order valence-electron chi connectivity index (χ0n) is 9.71. The Bertz CT molecular complexity index is 634. The highest BCUT2D eigenvalue weighted by atomic mass is 16.5. The van der Waals surface area contributed by atoms with E-state index in [1.165, 1.54) is 13.2 Å². The number of hydrogen-bond acceptors (Lipinski definition) is 4. The Hall–Kier alpha value is -2.63. The third kappa shape index (κ3) is 2.08. The van der Waals surface area contributed by atoms with E-state index in [4.69, 9.17) is 5.41 Å². The Morgan fingerprint density at radius 2 is 2.06 bits per heavy atom. The van der Waals surface area contributed by atoms with Gasteiger partial charge in [0.05, 0.1) is 11.9 Å². The van der Waals surface area contributed by atoms with E-state index in [-0.39, 0.29) is 11.2 Å². The van der Waals surface area contributed by atoms with E-state index in [1.54, 1.807) is 12.1 Å². The zero-order chi connectivity index (χ0) is 13.1. The molecule has 0 aliphatic carbocycles. The molecule has 2 rings (SSSR count). The average Bonchev–Trinajstić information content (AvgIpc) is 2.41. The molecule has 0 radical (unpaired) electrons. The van der Waals surface area contributed by atoms with Crippen LogP contribution in [-0.4, -0.2) is 27.9 Å². The van der Waals surface area contributed by atoms with Crippen LogP contribution in [0.3, 0.4) is 0 Å². The summed E-state index contributed by atoms with van der Waals surface area (Å²) in [5, 5.41) is 19.6.